The molecule has 162 valence electrons. The van der Waals surface area contributed by atoms with Gasteiger partial charge in [0.05, 0.1) is 18.8 Å². The lowest BCUT2D eigenvalue weighted by Crippen LogP contribution is -2.44. The van der Waals surface area contributed by atoms with Crippen molar-refractivity contribution in [2.75, 3.05) is 20.1 Å². The molecule has 7 nitrogen and oxygen atoms in total. The van der Waals surface area contributed by atoms with E-state index in [4.69, 9.17) is 0 Å². The Balaban J connectivity index is 0.00000420. The molecule has 0 spiro atoms. The van der Waals surface area contributed by atoms with E-state index < -0.39 is 15.6 Å². The number of thiophene rings is 1. The zero-order valence-corrected chi connectivity index (χ0v) is 20.8. The van der Waals surface area contributed by atoms with Crippen LogP contribution in [0.1, 0.15) is 29.9 Å². The fourth-order valence-electron chi connectivity index (χ4n) is 2.55. The van der Waals surface area contributed by atoms with Crippen molar-refractivity contribution in [2.45, 2.75) is 31.7 Å². The van der Waals surface area contributed by atoms with Crippen molar-refractivity contribution >= 4 is 51.3 Å². The van der Waals surface area contributed by atoms with Crippen molar-refractivity contribution in [3.05, 3.63) is 57.8 Å². The van der Waals surface area contributed by atoms with Crippen molar-refractivity contribution in [3.63, 3.8) is 0 Å². The summed E-state index contributed by atoms with van der Waals surface area (Å²) in [6.07, 6.45) is 0. The monoisotopic (exact) mass is 552 g/mol. The van der Waals surface area contributed by atoms with Gasteiger partial charge in [-0.2, -0.15) is 0 Å². The van der Waals surface area contributed by atoms with Gasteiger partial charge in [0.2, 0.25) is 10.0 Å². The smallest absolute Gasteiger partial charge is 0.215 e. The van der Waals surface area contributed by atoms with E-state index in [-0.39, 0.29) is 29.7 Å². The summed E-state index contributed by atoms with van der Waals surface area (Å²) in [7, 11) is -1.91. The third-order valence-corrected chi connectivity index (χ3v) is 6.53. The van der Waals surface area contributed by atoms with Crippen molar-refractivity contribution in [1.82, 2.24) is 15.4 Å². The van der Waals surface area contributed by atoms with Gasteiger partial charge in [0.15, 0.2) is 5.96 Å². The Morgan fingerprint density at radius 3 is 2.55 bits per heavy atom. The minimum Gasteiger partial charge on any atom is -0.383 e. The number of guanidine groups is 1. The predicted octanol–water partition coefficient (Wildman–Crippen LogP) is 2.38. The zero-order valence-electron chi connectivity index (χ0n) is 16.8. The first kappa shape index (κ1) is 25.8. The molecular weight excluding hydrogens is 523 g/mol. The van der Waals surface area contributed by atoms with Crippen LogP contribution in [0.4, 0.5) is 0 Å². The molecule has 0 radical (unpaired) electrons. The largest absolute Gasteiger partial charge is 0.383 e. The average molecular weight is 553 g/mol. The lowest BCUT2D eigenvalue weighted by Gasteiger charge is -2.23. The number of rotatable bonds is 9. The minimum atomic E-state index is -3.31. The second kappa shape index (κ2) is 11.8. The summed E-state index contributed by atoms with van der Waals surface area (Å²) >= 11 is 1.51. The normalized spacial score (nSPS) is 14.0. The maximum atomic E-state index is 11.7. The number of benzene rings is 1. The van der Waals surface area contributed by atoms with Gasteiger partial charge >= 0.3 is 0 Å². The molecule has 4 N–H and O–H groups in total. The third-order valence-electron chi connectivity index (χ3n) is 4.08. The van der Waals surface area contributed by atoms with Gasteiger partial charge in [-0.1, -0.05) is 30.3 Å². The van der Waals surface area contributed by atoms with Gasteiger partial charge in [0.1, 0.15) is 5.60 Å². The summed E-state index contributed by atoms with van der Waals surface area (Å²) in [6.45, 7) is 5.13. The molecule has 1 heterocycles. The maximum Gasteiger partial charge on any atom is 0.215 e. The van der Waals surface area contributed by atoms with E-state index in [0.29, 0.717) is 31.2 Å². The van der Waals surface area contributed by atoms with E-state index in [1.807, 2.05) is 42.6 Å². The first-order valence-corrected chi connectivity index (χ1v) is 11.6. The van der Waals surface area contributed by atoms with E-state index in [9.17, 15) is 13.5 Å². The van der Waals surface area contributed by atoms with Gasteiger partial charge in [-0.25, -0.2) is 18.1 Å². The molecule has 2 aromatic rings. The number of nitrogens with one attached hydrogen (secondary N) is 3. The van der Waals surface area contributed by atoms with Crippen LogP contribution in [0, 0.1) is 0 Å². The molecule has 1 atom stereocenters. The first-order chi connectivity index (χ1) is 13.3. The highest BCUT2D eigenvalue weighted by Gasteiger charge is 2.24. The van der Waals surface area contributed by atoms with Crippen molar-refractivity contribution in [3.8, 4) is 0 Å². The quantitative estimate of drug-likeness (QED) is 0.218. The molecule has 0 aliphatic rings. The summed E-state index contributed by atoms with van der Waals surface area (Å²) in [5, 5.41) is 18.9. The number of hydrogen-bond donors (Lipinski definition) is 4. The molecule has 10 heteroatoms. The second-order valence-corrected chi connectivity index (χ2v) is 9.46. The Morgan fingerprint density at radius 1 is 1.21 bits per heavy atom. The van der Waals surface area contributed by atoms with Gasteiger partial charge in [-0.3, -0.25) is 0 Å². The molecule has 0 bridgehead atoms. The molecule has 0 aliphatic heterocycles. The summed E-state index contributed by atoms with van der Waals surface area (Å²) in [4.78, 5) is 5.43. The topological polar surface area (TPSA) is 103 Å². The summed E-state index contributed by atoms with van der Waals surface area (Å²) in [6, 6.07) is 11.2. The predicted molar refractivity (Wildman–Crippen MR) is 130 cm³/mol. The van der Waals surface area contributed by atoms with Gasteiger partial charge in [0, 0.05) is 11.4 Å². The van der Waals surface area contributed by atoms with Crippen LogP contribution in [0.25, 0.3) is 0 Å². The van der Waals surface area contributed by atoms with Crippen LogP contribution >= 0.6 is 35.3 Å². The fourth-order valence-corrected chi connectivity index (χ4v) is 4.10. The van der Waals surface area contributed by atoms with E-state index >= 15 is 0 Å². The van der Waals surface area contributed by atoms with Gasteiger partial charge < -0.3 is 15.7 Å². The van der Waals surface area contributed by atoms with Crippen LogP contribution in [-0.4, -0.2) is 39.6 Å². The zero-order chi connectivity index (χ0) is 20.6. The average Bonchev–Trinajstić information content (AvgIpc) is 3.20. The molecule has 0 saturated heterocycles. The number of hydrogen-bond acceptors (Lipinski definition) is 5. The van der Waals surface area contributed by atoms with E-state index in [1.54, 1.807) is 13.0 Å². The van der Waals surface area contributed by atoms with Crippen LogP contribution in [0.2, 0.25) is 0 Å². The number of nitrogens with zero attached hydrogens (tertiary/aromatic N) is 1. The molecule has 0 aliphatic carbocycles. The third kappa shape index (κ3) is 8.59. The van der Waals surface area contributed by atoms with E-state index in [1.165, 1.54) is 18.4 Å². The SMILES string of the molecule is CCNC(=NCc1cccc(CS(=O)(=O)NC)c1)NCC(C)(O)c1cccs1.I. The standard InChI is InChI=1S/C19H28N4O3S2.HI/c1-4-21-18(23-14-19(2,24)17-9-6-10-27-17)22-12-15-7-5-8-16(11-15)13-28(25,26)20-3;/h5-11,20,24H,4,12-14H2,1-3H3,(H2,21,22,23);1H. The molecule has 0 saturated carbocycles. The molecule has 1 unspecified atom stereocenters. The van der Waals surface area contributed by atoms with Crippen molar-refractivity contribution in [2.24, 2.45) is 4.99 Å². The van der Waals surface area contributed by atoms with Crippen LogP contribution in [-0.2, 0) is 27.9 Å². The molecule has 0 fully saturated rings. The molecule has 1 aromatic carbocycles. The van der Waals surface area contributed by atoms with Gasteiger partial charge in [-0.05, 0) is 43.5 Å². The maximum absolute atomic E-state index is 11.7. The van der Waals surface area contributed by atoms with Crippen molar-refractivity contribution in [1.29, 1.82) is 0 Å². The lowest BCUT2D eigenvalue weighted by molar-refractivity contribution is 0.0655. The number of aliphatic imine (C=N–C) groups is 1. The Kier molecular flexibility index (Phi) is 10.5. The summed E-state index contributed by atoms with van der Waals surface area (Å²) < 4.78 is 25.8. The summed E-state index contributed by atoms with van der Waals surface area (Å²) in [5.74, 6) is 0.524. The molecule has 29 heavy (non-hydrogen) atoms. The number of sulfonamides is 1. The molecule has 1 aromatic heterocycles. The van der Waals surface area contributed by atoms with Gasteiger partial charge in [0.25, 0.3) is 0 Å². The Hall–Kier alpha value is -1.21. The fraction of sp³-hybridized carbons (Fsp3) is 0.421. The van der Waals surface area contributed by atoms with Crippen LogP contribution < -0.4 is 15.4 Å². The Labute approximate surface area is 194 Å². The lowest BCUT2D eigenvalue weighted by atomic mass is 10.1. The highest BCUT2D eigenvalue weighted by molar-refractivity contribution is 14.0. The molecular formula is C19H29IN4O3S2. The van der Waals surface area contributed by atoms with E-state index in [0.717, 1.165) is 10.4 Å². The highest BCUT2D eigenvalue weighted by Crippen LogP contribution is 2.24. The number of halogens is 1. The minimum absolute atomic E-state index is 0. The van der Waals surface area contributed by atoms with Crippen LogP contribution in [0.5, 0.6) is 0 Å². The number of aliphatic hydroxyl groups is 1. The van der Waals surface area contributed by atoms with Crippen molar-refractivity contribution < 1.29 is 13.5 Å². The Morgan fingerprint density at radius 2 is 1.93 bits per heavy atom. The summed E-state index contributed by atoms with van der Waals surface area (Å²) in [5.41, 5.74) is 0.623. The Bertz CT molecular complexity index is 885. The second-order valence-electron chi connectivity index (χ2n) is 6.58. The molecule has 2 rings (SSSR count). The van der Waals surface area contributed by atoms with Gasteiger partial charge in [-0.15, -0.1) is 35.3 Å². The highest BCUT2D eigenvalue weighted by atomic mass is 127. The van der Waals surface area contributed by atoms with Crippen LogP contribution in [0.3, 0.4) is 0 Å². The van der Waals surface area contributed by atoms with E-state index in [2.05, 4.69) is 20.3 Å². The van der Waals surface area contributed by atoms with Crippen LogP contribution in [0.15, 0.2) is 46.8 Å². The molecule has 0 amide bonds. The first-order valence-electron chi connectivity index (χ1n) is 9.03.